The van der Waals surface area contributed by atoms with Crippen molar-refractivity contribution in [2.75, 3.05) is 30.9 Å². The highest BCUT2D eigenvalue weighted by molar-refractivity contribution is 7.99. The van der Waals surface area contributed by atoms with Crippen LogP contribution >= 0.6 is 23.1 Å². The van der Waals surface area contributed by atoms with Crippen molar-refractivity contribution in [3.8, 4) is 0 Å². The SMILES string of the molecule is CO/N=C(\C(=O)N[C@@H]1C(=O)N(S(=O)(=O)O)[C@H]1CSCCN)c1cnc(N)s1. The maximum absolute atomic E-state index is 12.5. The summed E-state index contributed by atoms with van der Waals surface area (Å²) in [6.45, 7) is 0.353. The minimum atomic E-state index is -4.74. The van der Waals surface area contributed by atoms with Crippen LogP contribution in [0.1, 0.15) is 4.88 Å². The zero-order valence-corrected chi connectivity index (χ0v) is 16.5. The molecule has 1 fully saturated rings. The Hall–Kier alpha value is -1.94. The number of β-lactam (4-membered cyclic amide) rings is 1. The zero-order valence-electron chi connectivity index (χ0n) is 14.1. The number of thiazole rings is 1. The molecule has 1 saturated heterocycles. The molecule has 2 heterocycles. The van der Waals surface area contributed by atoms with Gasteiger partial charge in [0.25, 0.3) is 11.8 Å². The van der Waals surface area contributed by atoms with E-state index in [0.29, 0.717) is 21.5 Å². The van der Waals surface area contributed by atoms with Gasteiger partial charge in [-0.05, 0) is 0 Å². The standard InChI is InChI=1S/C12H18N6O6S3/c1-24-17-9(7-4-15-12(14)26-7)10(19)16-8-6(5-25-3-2-13)18(11(8)20)27(21,22)23/h4,6,8H,2-3,5,13H2,1H3,(H2,14,15)(H,16,19)(H,21,22,23)/b17-9-/t6-,8-/m0/s1. The van der Waals surface area contributed by atoms with E-state index < -0.39 is 34.2 Å². The maximum atomic E-state index is 12.5. The number of anilines is 1. The van der Waals surface area contributed by atoms with Crippen molar-refractivity contribution < 1.29 is 27.4 Å². The number of thioether (sulfide) groups is 1. The molecular formula is C12H18N6O6S3. The van der Waals surface area contributed by atoms with E-state index in [2.05, 4.69) is 20.3 Å². The molecule has 15 heteroatoms. The molecule has 0 aliphatic carbocycles. The Morgan fingerprint density at radius 1 is 1.59 bits per heavy atom. The highest BCUT2D eigenvalue weighted by Crippen LogP contribution is 2.27. The number of oxime groups is 1. The first-order valence-electron chi connectivity index (χ1n) is 7.42. The van der Waals surface area contributed by atoms with Gasteiger partial charge in [0, 0.05) is 24.2 Å². The topological polar surface area (TPSA) is 190 Å². The number of hydrogen-bond acceptors (Lipinski definition) is 11. The number of nitrogens with one attached hydrogen (secondary N) is 1. The number of rotatable bonds is 9. The fraction of sp³-hybridized carbons (Fsp3) is 0.500. The number of amides is 2. The molecule has 2 atom stereocenters. The summed E-state index contributed by atoms with van der Waals surface area (Å²) in [5, 5.41) is 6.24. The summed E-state index contributed by atoms with van der Waals surface area (Å²) in [5.74, 6) is -1.06. The molecule has 0 bridgehead atoms. The predicted octanol–water partition coefficient (Wildman–Crippen LogP) is -1.73. The van der Waals surface area contributed by atoms with Gasteiger partial charge in [0.1, 0.15) is 13.2 Å². The second-order valence-electron chi connectivity index (χ2n) is 5.18. The van der Waals surface area contributed by atoms with Crippen LogP contribution in [-0.4, -0.2) is 77.0 Å². The smallest absolute Gasteiger partial charge is 0.362 e. The molecular weight excluding hydrogens is 420 g/mol. The fourth-order valence-corrected chi connectivity index (χ4v) is 4.86. The Morgan fingerprint density at radius 2 is 2.30 bits per heavy atom. The molecule has 2 amide bonds. The van der Waals surface area contributed by atoms with E-state index >= 15 is 0 Å². The molecule has 27 heavy (non-hydrogen) atoms. The normalized spacial score (nSPS) is 20.3. The summed E-state index contributed by atoms with van der Waals surface area (Å²) in [4.78, 5) is 33.4. The summed E-state index contributed by atoms with van der Waals surface area (Å²) in [6, 6.07) is -2.11. The van der Waals surface area contributed by atoms with E-state index in [-0.39, 0.29) is 16.6 Å². The highest BCUT2D eigenvalue weighted by Gasteiger charge is 2.53. The van der Waals surface area contributed by atoms with Crippen LogP contribution in [0, 0.1) is 0 Å². The van der Waals surface area contributed by atoms with Crippen LogP contribution in [0.4, 0.5) is 5.13 Å². The van der Waals surface area contributed by atoms with Crippen molar-refractivity contribution in [1.29, 1.82) is 0 Å². The van der Waals surface area contributed by atoms with Crippen molar-refractivity contribution in [2.24, 2.45) is 10.9 Å². The van der Waals surface area contributed by atoms with Gasteiger partial charge in [-0.15, -0.1) is 0 Å². The lowest BCUT2D eigenvalue weighted by Crippen LogP contribution is -2.73. The number of nitrogen functional groups attached to an aromatic ring is 1. The lowest BCUT2D eigenvalue weighted by atomic mass is 10.0. The Morgan fingerprint density at radius 3 is 2.81 bits per heavy atom. The van der Waals surface area contributed by atoms with Crippen molar-refractivity contribution in [3.05, 3.63) is 11.1 Å². The van der Waals surface area contributed by atoms with Crippen LogP contribution in [-0.2, 0) is 24.7 Å². The second-order valence-corrected chi connectivity index (χ2v) is 8.68. The van der Waals surface area contributed by atoms with Gasteiger partial charge in [-0.25, -0.2) is 9.29 Å². The molecule has 150 valence electrons. The van der Waals surface area contributed by atoms with E-state index in [9.17, 15) is 22.6 Å². The van der Waals surface area contributed by atoms with Gasteiger partial charge >= 0.3 is 10.3 Å². The predicted molar refractivity (Wildman–Crippen MR) is 101 cm³/mol. The van der Waals surface area contributed by atoms with E-state index in [0.717, 1.165) is 11.3 Å². The van der Waals surface area contributed by atoms with Gasteiger partial charge in [-0.1, -0.05) is 16.5 Å². The molecule has 1 aromatic heterocycles. The van der Waals surface area contributed by atoms with E-state index in [1.54, 1.807) is 0 Å². The first-order chi connectivity index (χ1) is 12.7. The number of hydrogen-bond donors (Lipinski definition) is 4. The minimum absolute atomic E-state index is 0.151. The van der Waals surface area contributed by atoms with E-state index in [1.165, 1.54) is 25.1 Å². The first kappa shape index (κ1) is 21.4. The molecule has 0 spiro atoms. The minimum Gasteiger partial charge on any atom is -0.398 e. The Labute approximate surface area is 163 Å². The largest absolute Gasteiger partial charge is 0.398 e. The lowest BCUT2D eigenvalue weighted by molar-refractivity contribution is -0.143. The molecule has 0 aromatic carbocycles. The number of nitrogens with zero attached hydrogens (tertiary/aromatic N) is 3. The Balaban J connectivity index is 2.18. The third-order valence-electron chi connectivity index (χ3n) is 3.41. The highest BCUT2D eigenvalue weighted by atomic mass is 32.2. The quantitative estimate of drug-likeness (QED) is 0.113. The second kappa shape index (κ2) is 8.83. The monoisotopic (exact) mass is 438 g/mol. The number of aromatic nitrogens is 1. The third-order valence-corrected chi connectivity index (χ3v) is 6.29. The van der Waals surface area contributed by atoms with Crippen molar-refractivity contribution >= 4 is 56.1 Å². The molecule has 2 rings (SSSR count). The van der Waals surface area contributed by atoms with Gasteiger partial charge in [0.2, 0.25) is 0 Å². The Kier molecular flexibility index (Phi) is 6.99. The van der Waals surface area contributed by atoms with Gasteiger partial charge in [-0.2, -0.15) is 20.2 Å². The molecule has 0 unspecified atom stereocenters. The van der Waals surface area contributed by atoms with Crippen LogP contribution in [0.25, 0.3) is 0 Å². The van der Waals surface area contributed by atoms with E-state index in [1.807, 2.05) is 0 Å². The summed E-state index contributed by atoms with van der Waals surface area (Å²) >= 11 is 2.27. The van der Waals surface area contributed by atoms with Crippen LogP contribution in [0.3, 0.4) is 0 Å². The average Bonchev–Trinajstić information content (AvgIpc) is 3.01. The number of carbonyl (C=O) groups is 2. The number of carbonyl (C=O) groups excluding carboxylic acids is 2. The molecule has 1 aliphatic heterocycles. The van der Waals surface area contributed by atoms with Gasteiger partial charge in [0.05, 0.1) is 10.9 Å². The first-order valence-corrected chi connectivity index (χ1v) is 10.8. The van der Waals surface area contributed by atoms with Gasteiger partial charge in [-0.3, -0.25) is 14.1 Å². The summed E-state index contributed by atoms with van der Waals surface area (Å²) < 4.78 is 32.4. The summed E-state index contributed by atoms with van der Waals surface area (Å²) in [6.07, 6.45) is 1.32. The zero-order chi connectivity index (χ0) is 20.2. The third kappa shape index (κ3) is 4.86. The lowest BCUT2D eigenvalue weighted by Gasteiger charge is -2.44. The molecule has 1 aliphatic rings. The van der Waals surface area contributed by atoms with Crippen LogP contribution in [0.2, 0.25) is 0 Å². The van der Waals surface area contributed by atoms with Crippen LogP contribution in [0.15, 0.2) is 11.4 Å². The number of nitrogens with two attached hydrogens (primary N) is 2. The van der Waals surface area contributed by atoms with Crippen molar-refractivity contribution in [2.45, 2.75) is 12.1 Å². The van der Waals surface area contributed by atoms with Gasteiger partial charge < -0.3 is 21.6 Å². The Bertz CT molecular complexity index is 840. The molecule has 12 nitrogen and oxygen atoms in total. The van der Waals surface area contributed by atoms with Crippen molar-refractivity contribution in [3.63, 3.8) is 0 Å². The van der Waals surface area contributed by atoms with E-state index in [4.69, 9.17) is 11.5 Å². The summed E-state index contributed by atoms with van der Waals surface area (Å²) in [7, 11) is -3.51. The fourth-order valence-electron chi connectivity index (χ4n) is 2.31. The maximum Gasteiger partial charge on any atom is 0.362 e. The van der Waals surface area contributed by atoms with Crippen LogP contribution < -0.4 is 16.8 Å². The molecule has 1 aromatic rings. The molecule has 6 N–H and O–H groups in total. The van der Waals surface area contributed by atoms with Crippen LogP contribution in [0.5, 0.6) is 0 Å². The molecule has 0 saturated carbocycles. The van der Waals surface area contributed by atoms with Crippen molar-refractivity contribution in [1.82, 2.24) is 14.6 Å². The van der Waals surface area contributed by atoms with Gasteiger partial charge in [0.15, 0.2) is 10.8 Å². The molecule has 0 radical (unpaired) electrons. The average molecular weight is 439 g/mol. The summed E-state index contributed by atoms with van der Waals surface area (Å²) in [5.41, 5.74) is 10.8.